The Hall–Kier alpha value is -1.59. The van der Waals surface area contributed by atoms with E-state index in [1.807, 2.05) is 30.9 Å². The van der Waals surface area contributed by atoms with E-state index < -0.39 is 0 Å². The summed E-state index contributed by atoms with van der Waals surface area (Å²) < 4.78 is 0.837. The number of benzene rings is 1. The van der Waals surface area contributed by atoms with E-state index in [2.05, 4.69) is 18.4 Å². The third kappa shape index (κ3) is 4.19. The molecule has 0 bridgehead atoms. The van der Waals surface area contributed by atoms with Gasteiger partial charge in [-0.25, -0.2) is 4.79 Å². The Morgan fingerprint density at radius 3 is 2.33 bits per heavy atom. The minimum atomic E-state index is -0.0322. The zero-order valence-corrected chi connectivity index (χ0v) is 13.2. The summed E-state index contributed by atoms with van der Waals surface area (Å²) in [4.78, 5) is 14.2. The summed E-state index contributed by atoms with van der Waals surface area (Å²) in [6.07, 6.45) is 0. The predicted molar refractivity (Wildman–Crippen MR) is 84.4 cm³/mol. The van der Waals surface area contributed by atoms with Crippen molar-refractivity contribution >= 4 is 11.7 Å². The number of amides is 2. The van der Waals surface area contributed by atoms with Gasteiger partial charge in [-0.15, -0.1) is 0 Å². The van der Waals surface area contributed by atoms with Crippen molar-refractivity contribution in [3.05, 3.63) is 29.3 Å². The van der Waals surface area contributed by atoms with Crippen LogP contribution in [0, 0.1) is 13.8 Å². The summed E-state index contributed by atoms with van der Waals surface area (Å²) in [6.45, 7) is 8.25. The number of carbonyl (C=O) groups excluding carboxylic acids is 1. The summed E-state index contributed by atoms with van der Waals surface area (Å²) in [5.74, 6) is 0. The maximum absolute atomic E-state index is 12.3. The summed E-state index contributed by atoms with van der Waals surface area (Å²) >= 11 is 0. The number of aliphatic hydroxyl groups excluding tert-OH is 1. The minimum absolute atomic E-state index is 0.0322. The van der Waals surface area contributed by atoms with E-state index in [-0.39, 0.29) is 12.6 Å². The van der Waals surface area contributed by atoms with Crippen molar-refractivity contribution in [1.29, 1.82) is 0 Å². The van der Waals surface area contributed by atoms with Crippen molar-refractivity contribution in [2.75, 3.05) is 51.7 Å². The second kappa shape index (κ2) is 6.45. The molecule has 2 N–H and O–H groups in total. The Morgan fingerprint density at radius 1 is 1.24 bits per heavy atom. The van der Waals surface area contributed by atoms with Crippen molar-refractivity contribution in [3.8, 4) is 0 Å². The molecule has 0 atom stereocenters. The molecule has 5 nitrogen and oxygen atoms in total. The molecule has 1 aromatic rings. The molecule has 0 saturated carbocycles. The van der Waals surface area contributed by atoms with Gasteiger partial charge in [-0.3, -0.25) is 0 Å². The van der Waals surface area contributed by atoms with E-state index in [9.17, 15) is 4.79 Å². The van der Waals surface area contributed by atoms with Gasteiger partial charge < -0.3 is 19.8 Å². The van der Waals surface area contributed by atoms with Crippen molar-refractivity contribution in [2.45, 2.75) is 13.8 Å². The van der Waals surface area contributed by atoms with Crippen LogP contribution in [0.4, 0.5) is 10.5 Å². The fourth-order valence-corrected chi connectivity index (χ4v) is 2.87. The van der Waals surface area contributed by atoms with Crippen LogP contribution < -0.4 is 5.32 Å². The van der Waals surface area contributed by atoms with Crippen LogP contribution in [0.15, 0.2) is 18.2 Å². The number of aryl methyl sites for hydroxylation is 2. The van der Waals surface area contributed by atoms with E-state index >= 15 is 0 Å². The van der Waals surface area contributed by atoms with E-state index in [1.54, 1.807) is 0 Å². The largest absolute Gasteiger partial charge is 0.391 e. The van der Waals surface area contributed by atoms with Crippen LogP contribution in [-0.2, 0) is 0 Å². The molecule has 0 spiro atoms. The average molecular weight is 292 g/mol. The van der Waals surface area contributed by atoms with Gasteiger partial charge in [0.1, 0.15) is 6.54 Å². The molecule has 1 aliphatic heterocycles. The van der Waals surface area contributed by atoms with Crippen LogP contribution in [0.1, 0.15) is 11.1 Å². The number of carbonyl (C=O) groups is 1. The Labute approximate surface area is 126 Å². The fourth-order valence-electron chi connectivity index (χ4n) is 2.87. The number of likely N-dealkylation sites (N-methyl/N-ethyl adjacent to an activating group) is 1. The third-order valence-corrected chi connectivity index (χ3v) is 4.22. The van der Waals surface area contributed by atoms with Gasteiger partial charge in [-0.1, -0.05) is 6.07 Å². The number of nitrogens with zero attached hydrogens (tertiary/aromatic N) is 2. The maximum Gasteiger partial charge on any atom is 0.322 e. The zero-order chi connectivity index (χ0) is 15.5. The Bertz CT molecular complexity index is 488. The average Bonchev–Trinajstić information content (AvgIpc) is 2.38. The number of rotatable bonds is 3. The first-order chi connectivity index (χ1) is 9.92. The van der Waals surface area contributed by atoms with Crippen molar-refractivity contribution < 1.29 is 14.4 Å². The first-order valence-electron chi connectivity index (χ1n) is 7.50. The summed E-state index contributed by atoms with van der Waals surface area (Å²) in [5.41, 5.74) is 3.16. The van der Waals surface area contributed by atoms with Gasteiger partial charge in [0.25, 0.3) is 0 Å². The summed E-state index contributed by atoms with van der Waals surface area (Å²) in [6, 6.07) is 6.03. The molecule has 1 aliphatic rings. The highest BCUT2D eigenvalue weighted by molar-refractivity contribution is 5.89. The van der Waals surface area contributed by atoms with Gasteiger partial charge in [0.05, 0.1) is 39.8 Å². The molecule has 21 heavy (non-hydrogen) atoms. The molecule has 2 rings (SSSR count). The van der Waals surface area contributed by atoms with E-state index in [0.29, 0.717) is 0 Å². The first-order valence-corrected chi connectivity index (χ1v) is 7.50. The monoisotopic (exact) mass is 292 g/mol. The summed E-state index contributed by atoms with van der Waals surface area (Å²) in [5, 5.41) is 12.1. The van der Waals surface area contributed by atoms with Gasteiger partial charge >= 0.3 is 6.03 Å². The number of hydrogen-bond donors (Lipinski definition) is 2. The van der Waals surface area contributed by atoms with Crippen LogP contribution in [-0.4, -0.2) is 66.9 Å². The number of nitrogens with one attached hydrogen (secondary N) is 1. The molecule has 5 heteroatoms. The van der Waals surface area contributed by atoms with Crippen LogP contribution in [0.3, 0.4) is 0 Å². The first kappa shape index (κ1) is 15.8. The molecule has 1 saturated heterocycles. The van der Waals surface area contributed by atoms with Crippen molar-refractivity contribution in [1.82, 2.24) is 4.90 Å². The number of anilines is 1. The number of quaternary nitrogens is 1. The Balaban J connectivity index is 1.93. The standard InChI is InChI=1S/C16H25N3O2/c1-13-10-14(2)12-15(11-13)17-16(21)18-4-6-19(3,7-5-18)8-9-20/h10-12,20H,4-9H2,1-3H3/p+1. The lowest BCUT2D eigenvalue weighted by Crippen LogP contribution is -2.59. The van der Waals surface area contributed by atoms with Crippen molar-refractivity contribution in [2.24, 2.45) is 0 Å². The maximum atomic E-state index is 12.3. The normalized spacial score (nSPS) is 17.6. The number of piperazine rings is 1. The highest BCUT2D eigenvalue weighted by Gasteiger charge is 2.30. The van der Waals surface area contributed by atoms with Gasteiger partial charge in [-0.05, 0) is 37.1 Å². The SMILES string of the molecule is Cc1cc(C)cc(NC(=O)N2CC[N+](C)(CCO)CC2)c1. The van der Waals surface area contributed by atoms with E-state index in [1.165, 1.54) is 0 Å². The van der Waals surface area contributed by atoms with Gasteiger partial charge in [0.15, 0.2) is 0 Å². The molecule has 116 valence electrons. The van der Waals surface area contributed by atoms with Gasteiger partial charge in [0.2, 0.25) is 0 Å². The van der Waals surface area contributed by atoms with E-state index in [4.69, 9.17) is 5.11 Å². The Morgan fingerprint density at radius 2 is 1.81 bits per heavy atom. The fraction of sp³-hybridized carbons (Fsp3) is 0.562. The third-order valence-electron chi connectivity index (χ3n) is 4.22. The molecule has 0 unspecified atom stereocenters. The lowest BCUT2D eigenvalue weighted by atomic mass is 10.1. The van der Waals surface area contributed by atoms with Gasteiger partial charge in [0, 0.05) is 5.69 Å². The quantitative estimate of drug-likeness (QED) is 0.831. The molecular formula is C16H26N3O2+. The van der Waals surface area contributed by atoms with Gasteiger partial charge in [-0.2, -0.15) is 0 Å². The highest BCUT2D eigenvalue weighted by Crippen LogP contribution is 2.16. The number of aliphatic hydroxyl groups is 1. The van der Waals surface area contributed by atoms with Crippen molar-refractivity contribution in [3.63, 3.8) is 0 Å². The number of hydrogen-bond acceptors (Lipinski definition) is 2. The highest BCUT2D eigenvalue weighted by atomic mass is 16.3. The smallest absolute Gasteiger partial charge is 0.322 e. The molecule has 1 aromatic carbocycles. The predicted octanol–water partition coefficient (Wildman–Crippen LogP) is 1.59. The van der Waals surface area contributed by atoms with E-state index in [0.717, 1.165) is 54.0 Å². The molecule has 0 aliphatic carbocycles. The van der Waals surface area contributed by atoms with Crippen LogP contribution in [0.25, 0.3) is 0 Å². The lowest BCUT2D eigenvalue weighted by Gasteiger charge is -2.41. The number of urea groups is 1. The molecular weight excluding hydrogens is 266 g/mol. The van der Waals surface area contributed by atoms with Crippen LogP contribution in [0.5, 0.6) is 0 Å². The Kier molecular flexibility index (Phi) is 4.85. The summed E-state index contributed by atoms with van der Waals surface area (Å²) in [7, 11) is 2.13. The lowest BCUT2D eigenvalue weighted by molar-refractivity contribution is -0.913. The zero-order valence-electron chi connectivity index (χ0n) is 13.2. The second-order valence-corrected chi connectivity index (χ2v) is 6.31. The second-order valence-electron chi connectivity index (χ2n) is 6.31. The van der Waals surface area contributed by atoms with Crippen LogP contribution >= 0.6 is 0 Å². The molecule has 0 aromatic heterocycles. The minimum Gasteiger partial charge on any atom is -0.391 e. The molecule has 2 amide bonds. The van der Waals surface area contributed by atoms with Crippen LogP contribution in [0.2, 0.25) is 0 Å². The topological polar surface area (TPSA) is 52.6 Å². The molecule has 0 radical (unpaired) electrons. The molecule has 1 heterocycles. The molecule has 1 fully saturated rings.